The minimum Gasteiger partial charge on any atom is -0.507 e. The third-order valence-corrected chi connectivity index (χ3v) is 5.23. The van der Waals surface area contributed by atoms with E-state index < -0.39 is 17.7 Å². The Hall–Kier alpha value is -4.19. The molecule has 6 heteroatoms. The van der Waals surface area contributed by atoms with Gasteiger partial charge in [0.05, 0.1) is 11.6 Å². The van der Waals surface area contributed by atoms with Crippen molar-refractivity contribution in [3.8, 4) is 5.75 Å². The molecule has 1 aliphatic heterocycles. The van der Waals surface area contributed by atoms with Crippen LogP contribution in [0.5, 0.6) is 5.75 Å². The molecule has 0 radical (unpaired) electrons. The third-order valence-electron chi connectivity index (χ3n) is 5.23. The molecular formula is C26H22N2O4. The zero-order chi connectivity index (χ0) is 22.7. The number of pyridine rings is 1. The monoisotopic (exact) mass is 426 g/mol. The van der Waals surface area contributed by atoms with Crippen LogP contribution in [-0.2, 0) is 9.59 Å². The number of carbonyl (C=O) groups excluding carboxylic acids is 2. The van der Waals surface area contributed by atoms with Crippen molar-refractivity contribution in [2.24, 2.45) is 0 Å². The molecule has 1 atom stereocenters. The summed E-state index contributed by atoms with van der Waals surface area (Å²) in [5.41, 5.74) is 2.17. The van der Waals surface area contributed by atoms with Gasteiger partial charge in [-0.3, -0.25) is 14.5 Å². The number of hydrogen-bond donors (Lipinski definition) is 1. The number of aromatic nitrogens is 1. The minimum atomic E-state index is -0.804. The number of ketones is 1. The number of carbonyl (C=O) groups is 2. The summed E-state index contributed by atoms with van der Waals surface area (Å²) in [6.07, 6.45) is 3.19. The number of Topliss-reactive ketones (excluding diaryl/α,β-unsaturated/α-hetero) is 1. The van der Waals surface area contributed by atoms with Crippen LogP contribution >= 0.6 is 0 Å². The van der Waals surface area contributed by atoms with Gasteiger partial charge in [-0.1, -0.05) is 48.6 Å². The van der Waals surface area contributed by atoms with E-state index in [-0.39, 0.29) is 11.3 Å². The van der Waals surface area contributed by atoms with Gasteiger partial charge in [-0.25, -0.2) is 4.98 Å². The Labute approximate surface area is 186 Å². The van der Waals surface area contributed by atoms with E-state index in [0.29, 0.717) is 29.3 Å². The first-order valence-corrected chi connectivity index (χ1v) is 10.1. The molecule has 32 heavy (non-hydrogen) atoms. The van der Waals surface area contributed by atoms with Gasteiger partial charge < -0.3 is 9.84 Å². The van der Waals surface area contributed by atoms with E-state index in [1.54, 1.807) is 54.7 Å². The van der Waals surface area contributed by atoms with Gasteiger partial charge in [0.2, 0.25) is 0 Å². The van der Waals surface area contributed by atoms with Crippen LogP contribution in [0, 0.1) is 6.92 Å². The van der Waals surface area contributed by atoms with E-state index in [0.717, 1.165) is 5.56 Å². The second-order valence-electron chi connectivity index (χ2n) is 7.39. The van der Waals surface area contributed by atoms with Gasteiger partial charge in [-0.05, 0) is 48.9 Å². The molecule has 2 heterocycles. The lowest BCUT2D eigenvalue weighted by Gasteiger charge is -2.24. The Bertz CT molecular complexity index is 1180. The average Bonchev–Trinajstić information content (AvgIpc) is 3.09. The number of aliphatic hydroxyl groups excluding tert-OH is 1. The molecular weight excluding hydrogens is 404 g/mol. The molecule has 1 fully saturated rings. The van der Waals surface area contributed by atoms with Crippen molar-refractivity contribution in [2.75, 3.05) is 11.5 Å². The quantitative estimate of drug-likeness (QED) is 0.270. The second kappa shape index (κ2) is 8.89. The summed E-state index contributed by atoms with van der Waals surface area (Å²) in [6, 6.07) is 18.5. The number of hydrogen-bond acceptors (Lipinski definition) is 5. The van der Waals surface area contributed by atoms with Crippen LogP contribution in [0.15, 0.2) is 91.2 Å². The second-order valence-corrected chi connectivity index (χ2v) is 7.39. The zero-order valence-electron chi connectivity index (χ0n) is 17.6. The Morgan fingerprint density at radius 2 is 1.81 bits per heavy atom. The lowest BCUT2D eigenvalue weighted by Crippen LogP contribution is -2.30. The Morgan fingerprint density at radius 1 is 1.09 bits per heavy atom. The van der Waals surface area contributed by atoms with Crippen molar-refractivity contribution in [1.82, 2.24) is 4.98 Å². The molecule has 0 unspecified atom stereocenters. The molecule has 1 aliphatic rings. The summed E-state index contributed by atoms with van der Waals surface area (Å²) in [5.74, 6) is -0.798. The number of anilines is 1. The molecule has 0 spiro atoms. The van der Waals surface area contributed by atoms with Gasteiger partial charge in [0.1, 0.15) is 23.9 Å². The van der Waals surface area contributed by atoms with Gasteiger partial charge in [0.15, 0.2) is 0 Å². The molecule has 0 bridgehead atoms. The fourth-order valence-electron chi connectivity index (χ4n) is 3.65. The van der Waals surface area contributed by atoms with E-state index in [1.165, 1.54) is 4.90 Å². The van der Waals surface area contributed by atoms with Crippen LogP contribution in [0.25, 0.3) is 5.76 Å². The summed E-state index contributed by atoms with van der Waals surface area (Å²) in [4.78, 5) is 31.7. The fourth-order valence-corrected chi connectivity index (χ4v) is 3.65. The molecule has 160 valence electrons. The molecule has 1 saturated heterocycles. The molecule has 4 rings (SSSR count). The highest BCUT2D eigenvalue weighted by Gasteiger charge is 2.47. The Morgan fingerprint density at radius 3 is 2.44 bits per heavy atom. The number of benzene rings is 2. The zero-order valence-corrected chi connectivity index (χ0v) is 17.6. The van der Waals surface area contributed by atoms with Crippen LogP contribution in [0.2, 0.25) is 0 Å². The lowest BCUT2D eigenvalue weighted by molar-refractivity contribution is -0.132. The van der Waals surface area contributed by atoms with E-state index >= 15 is 0 Å². The van der Waals surface area contributed by atoms with Crippen LogP contribution < -0.4 is 9.64 Å². The first-order chi connectivity index (χ1) is 15.5. The molecule has 0 saturated carbocycles. The predicted octanol–water partition coefficient (Wildman–Crippen LogP) is 4.58. The number of aliphatic hydroxyl groups is 1. The van der Waals surface area contributed by atoms with Crippen LogP contribution in [0.4, 0.5) is 5.82 Å². The van der Waals surface area contributed by atoms with Crippen LogP contribution in [0.1, 0.15) is 22.7 Å². The van der Waals surface area contributed by atoms with Crippen molar-refractivity contribution < 1.29 is 19.4 Å². The fraction of sp³-hybridized carbons (Fsp3) is 0.115. The van der Waals surface area contributed by atoms with Crippen LogP contribution in [-0.4, -0.2) is 28.4 Å². The van der Waals surface area contributed by atoms with Crippen molar-refractivity contribution in [1.29, 1.82) is 0 Å². The van der Waals surface area contributed by atoms with Crippen LogP contribution in [0.3, 0.4) is 0 Å². The van der Waals surface area contributed by atoms with Gasteiger partial charge in [0.25, 0.3) is 5.78 Å². The van der Waals surface area contributed by atoms with Gasteiger partial charge in [-0.2, -0.15) is 0 Å². The summed E-state index contributed by atoms with van der Waals surface area (Å²) >= 11 is 0. The van der Waals surface area contributed by atoms with E-state index in [4.69, 9.17) is 4.74 Å². The summed E-state index contributed by atoms with van der Waals surface area (Å²) in [7, 11) is 0. The molecule has 1 aromatic heterocycles. The lowest BCUT2D eigenvalue weighted by atomic mass is 9.94. The molecule has 3 aromatic rings. The smallest absolute Gasteiger partial charge is 0.301 e. The first-order valence-electron chi connectivity index (χ1n) is 10.1. The summed E-state index contributed by atoms with van der Waals surface area (Å²) < 4.78 is 5.48. The average molecular weight is 426 g/mol. The highest BCUT2D eigenvalue weighted by molar-refractivity contribution is 6.51. The molecule has 0 aliphatic carbocycles. The summed E-state index contributed by atoms with van der Waals surface area (Å²) in [5, 5.41) is 11.1. The highest BCUT2D eigenvalue weighted by Crippen LogP contribution is 2.41. The number of amides is 1. The molecule has 2 aromatic carbocycles. The van der Waals surface area contributed by atoms with Gasteiger partial charge in [0, 0.05) is 11.8 Å². The maximum Gasteiger partial charge on any atom is 0.301 e. The third kappa shape index (κ3) is 3.90. The Kier molecular flexibility index (Phi) is 5.85. The van der Waals surface area contributed by atoms with Gasteiger partial charge in [-0.15, -0.1) is 0 Å². The van der Waals surface area contributed by atoms with E-state index in [2.05, 4.69) is 11.6 Å². The maximum atomic E-state index is 13.1. The molecule has 1 amide bonds. The van der Waals surface area contributed by atoms with Crippen molar-refractivity contribution in [2.45, 2.75) is 13.0 Å². The minimum absolute atomic E-state index is 0.0178. The van der Waals surface area contributed by atoms with Crippen molar-refractivity contribution in [3.05, 3.63) is 108 Å². The molecule has 1 N–H and O–H groups in total. The standard InChI is InChI=1S/C26H22N2O4/c1-3-16-32-20-13-11-19(12-14-20)24(29)22-23(18-9-7-17(2)8-10-18)28(26(31)25(22)30)21-6-4-5-15-27-21/h3-15,23,29H,1,16H2,2H3/t23-/m1/s1. The van der Waals surface area contributed by atoms with Gasteiger partial charge >= 0.3 is 5.91 Å². The maximum absolute atomic E-state index is 13.1. The van der Waals surface area contributed by atoms with E-state index in [9.17, 15) is 14.7 Å². The van der Waals surface area contributed by atoms with Crippen molar-refractivity contribution in [3.63, 3.8) is 0 Å². The normalized spacial score (nSPS) is 17.4. The number of rotatable bonds is 6. The number of ether oxygens (including phenoxy) is 1. The van der Waals surface area contributed by atoms with Crippen molar-refractivity contribution >= 4 is 23.3 Å². The SMILES string of the molecule is C=CCOc1ccc(C(O)=C2C(=O)C(=O)N(c3ccccn3)[C@@H]2c2ccc(C)cc2)cc1. The highest BCUT2D eigenvalue weighted by atomic mass is 16.5. The van der Waals surface area contributed by atoms with E-state index in [1.807, 2.05) is 31.2 Å². The number of nitrogens with zero attached hydrogens (tertiary/aromatic N) is 2. The Balaban J connectivity index is 1.84. The number of aryl methyl sites for hydroxylation is 1. The summed E-state index contributed by atoms with van der Waals surface area (Å²) in [6.45, 7) is 5.92. The first kappa shape index (κ1) is 21.1. The topological polar surface area (TPSA) is 79.7 Å². The molecule has 6 nitrogen and oxygen atoms in total. The largest absolute Gasteiger partial charge is 0.507 e. The predicted molar refractivity (Wildman–Crippen MR) is 122 cm³/mol.